The SMILES string of the molecule is CCCCC(CC)CNS(=O)(=O)c1ccc(CN)cc1. The van der Waals surface area contributed by atoms with Crippen LogP contribution >= 0.6 is 0 Å². The number of hydrogen-bond donors (Lipinski definition) is 2. The third-order valence-corrected chi connectivity index (χ3v) is 5.01. The van der Waals surface area contributed by atoms with Gasteiger partial charge in [0.1, 0.15) is 0 Å². The number of sulfonamides is 1. The first-order valence-corrected chi connectivity index (χ1v) is 8.80. The van der Waals surface area contributed by atoms with Crippen LogP contribution in [0.3, 0.4) is 0 Å². The second kappa shape index (κ2) is 8.39. The number of unbranched alkanes of at least 4 members (excludes halogenated alkanes) is 1. The summed E-state index contributed by atoms with van der Waals surface area (Å²) in [5.41, 5.74) is 6.44. The monoisotopic (exact) mass is 298 g/mol. The van der Waals surface area contributed by atoms with Crippen LogP contribution in [0.5, 0.6) is 0 Å². The van der Waals surface area contributed by atoms with Gasteiger partial charge in [0.25, 0.3) is 0 Å². The topological polar surface area (TPSA) is 72.2 Å². The Kier molecular flexibility index (Phi) is 7.19. The van der Waals surface area contributed by atoms with E-state index in [-0.39, 0.29) is 0 Å². The van der Waals surface area contributed by atoms with Gasteiger partial charge in [0, 0.05) is 13.1 Å². The lowest BCUT2D eigenvalue weighted by atomic mass is 10.00. The van der Waals surface area contributed by atoms with Gasteiger partial charge < -0.3 is 5.73 Å². The van der Waals surface area contributed by atoms with Gasteiger partial charge in [-0.25, -0.2) is 13.1 Å². The van der Waals surface area contributed by atoms with Crippen LogP contribution in [0.4, 0.5) is 0 Å². The summed E-state index contributed by atoms with van der Waals surface area (Å²) in [6.07, 6.45) is 4.35. The molecule has 0 amide bonds. The normalized spacial score (nSPS) is 13.3. The standard InChI is InChI=1S/C15H26N2O2S/c1-3-5-6-13(4-2)12-17-20(18,19)15-9-7-14(11-16)8-10-15/h7-10,13,17H,3-6,11-12,16H2,1-2H3. The van der Waals surface area contributed by atoms with E-state index >= 15 is 0 Å². The molecule has 1 unspecified atom stereocenters. The molecule has 1 atom stereocenters. The zero-order valence-electron chi connectivity index (χ0n) is 12.4. The molecule has 0 aliphatic rings. The molecular formula is C15H26N2O2S. The van der Waals surface area contributed by atoms with Gasteiger partial charge in [-0.05, 0) is 30.0 Å². The molecule has 0 saturated heterocycles. The predicted octanol–water partition coefficient (Wildman–Crippen LogP) is 2.64. The third-order valence-electron chi connectivity index (χ3n) is 3.57. The Morgan fingerprint density at radius 3 is 2.35 bits per heavy atom. The molecule has 20 heavy (non-hydrogen) atoms. The molecule has 0 saturated carbocycles. The Hall–Kier alpha value is -0.910. The Morgan fingerprint density at radius 1 is 1.20 bits per heavy atom. The molecule has 0 bridgehead atoms. The van der Waals surface area contributed by atoms with Crippen LogP contribution in [0.25, 0.3) is 0 Å². The van der Waals surface area contributed by atoms with Crippen molar-refractivity contribution in [3.8, 4) is 0 Å². The van der Waals surface area contributed by atoms with Gasteiger partial charge in [0.05, 0.1) is 4.90 Å². The number of hydrogen-bond acceptors (Lipinski definition) is 3. The first-order valence-electron chi connectivity index (χ1n) is 7.32. The second-order valence-electron chi connectivity index (χ2n) is 5.12. The molecule has 0 aliphatic carbocycles. The summed E-state index contributed by atoms with van der Waals surface area (Å²) >= 11 is 0. The van der Waals surface area contributed by atoms with E-state index in [1.807, 2.05) is 0 Å². The van der Waals surface area contributed by atoms with Crippen molar-refractivity contribution in [3.63, 3.8) is 0 Å². The highest BCUT2D eigenvalue weighted by atomic mass is 32.2. The van der Waals surface area contributed by atoms with Gasteiger partial charge in [-0.2, -0.15) is 0 Å². The van der Waals surface area contributed by atoms with Crippen LogP contribution in [0.15, 0.2) is 29.2 Å². The first-order chi connectivity index (χ1) is 9.53. The smallest absolute Gasteiger partial charge is 0.240 e. The summed E-state index contributed by atoms with van der Waals surface area (Å²) in [7, 11) is -3.41. The lowest BCUT2D eigenvalue weighted by Gasteiger charge is -2.15. The predicted molar refractivity (Wildman–Crippen MR) is 82.8 cm³/mol. The van der Waals surface area contributed by atoms with Crippen LogP contribution in [0, 0.1) is 5.92 Å². The van der Waals surface area contributed by atoms with E-state index in [1.54, 1.807) is 24.3 Å². The zero-order valence-corrected chi connectivity index (χ0v) is 13.2. The quantitative estimate of drug-likeness (QED) is 0.736. The summed E-state index contributed by atoms with van der Waals surface area (Å²) in [5.74, 6) is 0.410. The van der Waals surface area contributed by atoms with E-state index in [1.165, 1.54) is 0 Å². The number of rotatable bonds is 9. The summed E-state index contributed by atoms with van der Waals surface area (Å²) in [4.78, 5) is 0.306. The highest BCUT2D eigenvalue weighted by Gasteiger charge is 2.15. The van der Waals surface area contributed by atoms with Crippen molar-refractivity contribution in [2.45, 2.75) is 51.0 Å². The summed E-state index contributed by atoms with van der Waals surface area (Å²) in [6, 6.07) is 6.72. The van der Waals surface area contributed by atoms with E-state index in [0.29, 0.717) is 23.9 Å². The molecule has 0 fully saturated rings. The van der Waals surface area contributed by atoms with Crippen molar-refractivity contribution in [1.82, 2.24) is 4.72 Å². The van der Waals surface area contributed by atoms with E-state index in [0.717, 1.165) is 31.2 Å². The third kappa shape index (κ3) is 5.23. The Balaban J connectivity index is 2.63. The molecule has 4 nitrogen and oxygen atoms in total. The van der Waals surface area contributed by atoms with Crippen LogP contribution in [-0.4, -0.2) is 15.0 Å². The zero-order chi connectivity index (χ0) is 15.0. The molecule has 0 heterocycles. The second-order valence-corrected chi connectivity index (χ2v) is 6.88. The van der Waals surface area contributed by atoms with Crippen molar-refractivity contribution >= 4 is 10.0 Å². The van der Waals surface area contributed by atoms with E-state index < -0.39 is 10.0 Å². The lowest BCUT2D eigenvalue weighted by molar-refractivity contribution is 0.444. The average Bonchev–Trinajstić information content (AvgIpc) is 2.47. The van der Waals surface area contributed by atoms with Crippen LogP contribution in [0.2, 0.25) is 0 Å². The molecule has 5 heteroatoms. The Bertz CT molecular complexity index is 483. The maximum atomic E-state index is 12.2. The average molecular weight is 298 g/mol. The molecule has 0 aliphatic heterocycles. The van der Waals surface area contributed by atoms with Crippen LogP contribution in [0.1, 0.15) is 45.1 Å². The minimum Gasteiger partial charge on any atom is -0.326 e. The number of nitrogens with one attached hydrogen (secondary N) is 1. The number of benzene rings is 1. The van der Waals surface area contributed by atoms with Gasteiger partial charge in [-0.15, -0.1) is 0 Å². The molecular weight excluding hydrogens is 272 g/mol. The van der Waals surface area contributed by atoms with Crippen LogP contribution < -0.4 is 10.5 Å². The van der Waals surface area contributed by atoms with E-state index in [2.05, 4.69) is 18.6 Å². The lowest BCUT2D eigenvalue weighted by Crippen LogP contribution is -2.29. The van der Waals surface area contributed by atoms with Crippen LogP contribution in [-0.2, 0) is 16.6 Å². The van der Waals surface area contributed by atoms with Crippen molar-refractivity contribution in [3.05, 3.63) is 29.8 Å². The maximum Gasteiger partial charge on any atom is 0.240 e. The fraction of sp³-hybridized carbons (Fsp3) is 0.600. The van der Waals surface area contributed by atoms with Gasteiger partial charge >= 0.3 is 0 Å². The molecule has 0 radical (unpaired) electrons. The molecule has 114 valence electrons. The van der Waals surface area contributed by atoms with Gasteiger partial charge in [-0.3, -0.25) is 0 Å². The molecule has 1 aromatic rings. The minimum absolute atomic E-state index is 0.306. The Labute approximate surface area is 122 Å². The highest BCUT2D eigenvalue weighted by Crippen LogP contribution is 2.14. The van der Waals surface area contributed by atoms with Crippen molar-refractivity contribution in [2.75, 3.05) is 6.54 Å². The van der Waals surface area contributed by atoms with Crippen molar-refractivity contribution < 1.29 is 8.42 Å². The van der Waals surface area contributed by atoms with Gasteiger partial charge in [-0.1, -0.05) is 45.2 Å². The molecule has 1 rings (SSSR count). The highest BCUT2D eigenvalue weighted by molar-refractivity contribution is 7.89. The van der Waals surface area contributed by atoms with Crippen molar-refractivity contribution in [1.29, 1.82) is 0 Å². The maximum absolute atomic E-state index is 12.2. The van der Waals surface area contributed by atoms with E-state index in [9.17, 15) is 8.42 Å². The van der Waals surface area contributed by atoms with Crippen molar-refractivity contribution in [2.24, 2.45) is 11.7 Å². The van der Waals surface area contributed by atoms with Gasteiger partial charge in [0.15, 0.2) is 0 Å². The largest absolute Gasteiger partial charge is 0.326 e. The summed E-state index contributed by atoms with van der Waals surface area (Å²) < 4.78 is 27.1. The summed E-state index contributed by atoms with van der Waals surface area (Å²) in [6.45, 7) is 5.18. The number of nitrogens with two attached hydrogens (primary N) is 1. The molecule has 0 aromatic heterocycles. The molecule has 1 aromatic carbocycles. The summed E-state index contributed by atoms with van der Waals surface area (Å²) in [5, 5.41) is 0. The first kappa shape index (κ1) is 17.1. The van der Waals surface area contributed by atoms with E-state index in [4.69, 9.17) is 5.73 Å². The fourth-order valence-corrected chi connectivity index (χ4v) is 3.18. The Morgan fingerprint density at radius 2 is 1.85 bits per heavy atom. The molecule has 0 spiro atoms. The molecule has 3 N–H and O–H groups in total. The fourth-order valence-electron chi connectivity index (χ4n) is 2.06. The van der Waals surface area contributed by atoms with Gasteiger partial charge in [0.2, 0.25) is 10.0 Å². The minimum atomic E-state index is -3.41.